The molecule has 0 aromatic carbocycles. The van der Waals surface area contributed by atoms with E-state index in [4.69, 9.17) is 20.7 Å². The zero-order valence-electron chi connectivity index (χ0n) is 48.8. The summed E-state index contributed by atoms with van der Waals surface area (Å²) >= 11 is 0. The lowest BCUT2D eigenvalue weighted by Crippen LogP contribution is -2.29. The molecule has 3 N–H and O–H groups in total. The highest BCUT2D eigenvalue weighted by Crippen LogP contribution is 2.18. The Morgan fingerprint density at radius 2 is 0.684 bits per heavy atom. The smallest absolute Gasteiger partial charge is 0.250 e. The van der Waals surface area contributed by atoms with Crippen molar-refractivity contribution in [2.75, 3.05) is 113 Å². The molecule has 76 heavy (non-hydrogen) atoms. The van der Waals surface area contributed by atoms with Crippen molar-refractivity contribution in [1.29, 1.82) is 0 Å². The van der Waals surface area contributed by atoms with Gasteiger partial charge < -0.3 is 35.1 Å². The van der Waals surface area contributed by atoms with E-state index >= 15 is 0 Å². The molecule has 21 heteroatoms. The number of carbonyl (C=O) groups excluding carboxylic acids is 2. The summed E-state index contributed by atoms with van der Waals surface area (Å²) in [6, 6.07) is 0. The van der Waals surface area contributed by atoms with E-state index in [1.807, 2.05) is 44.4 Å². The van der Waals surface area contributed by atoms with Crippen LogP contribution >= 0.6 is 0 Å². The molecule has 3 rings (SSSR count). The van der Waals surface area contributed by atoms with Crippen molar-refractivity contribution in [2.45, 2.75) is 124 Å². The van der Waals surface area contributed by atoms with Gasteiger partial charge in [-0.3, -0.25) is 14.6 Å². The van der Waals surface area contributed by atoms with Crippen LogP contribution in [0.5, 0.6) is 0 Å². The maximum absolute atomic E-state index is 10.1. The monoisotopic (exact) mass is 1050 g/mol. The number of carbonyl (C=O) groups is 2. The topological polar surface area (TPSA) is 232 Å². The normalized spacial score (nSPS) is 12.2. The summed E-state index contributed by atoms with van der Waals surface area (Å²) in [5.74, 6) is 5.85. The Labute approximate surface area is 455 Å². The first-order valence-corrected chi connectivity index (χ1v) is 26.8. The molecule has 0 aliphatic rings. The first-order valence-electron chi connectivity index (χ1n) is 26.8. The summed E-state index contributed by atoms with van der Waals surface area (Å²) in [6.45, 7) is 43.4. The number of anilines is 7. The predicted octanol–water partition coefficient (Wildman–Crippen LogP) is 8.41. The molecular formula is C55H91N19O2. The second-order valence-corrected chi connectivity index (χ2v) is 16.7. The Morgan fingerprint density at radius 3 is 0.974 bits per heavy atom. The first kappa shape index (κ1) is 66.7. The van der Waals surface area contributed by atoms with Gasteiger partial charge in [0.15, 0.2) is 5.82 Å². The van der Waals surface area contributed by atoms with Crippen LogP contribution < -0.4 is 40.6 Å². The van der Waals surface area contributed by atoms with Crippen molar-refractivity contribution in [1.82, 2.24) is 44.9 Å². The van der Waals surface area contributed by atoms with Crippen LogP contribution in [0.2, 0.25) is 0 Å². The second-order valence-electron chi connectivity index (χ2n) is 16.7. The third-order valence-corrected chi connectivity index (χ3v) is 11.4. The van der Waals surface area contributed by atoms with Crippen LogP contribution in [-0.2, 0) is 22.7 Å². The van der Waals surface area contributed by atoms with E-state index in [1.54, 1.807) is 44.4 Å². The third kappa shape index (κ3) is 24.4. The van der Waals surface area contributed by atoms with Gasteiger partial charge in [-0.25, -0.2) is 5.43 Å². The van der Waals surface area contributed by atoms with Crippen molar-refractivity contribution in [3.8, 4) is 0 Å². The van der Waals surface area contributed by atoms with Gasteiger partial charge in [-0.1, -0.05) is 48.6 Å². The molecule has 0 amide bonds. The number of hydrogen-bond acceptors (Lipinski definition) is 21. The van der Waals surface area contributed by atoms with Crippen LogP contribution in [0.4, 0.5) is 41.6 Å². The summed E-state index contributed by atoms with van der Waals surface area (Å²) in [6.07, 6.45) is 19.9. The number of aliphatic imine (C=N–C) groups is 1. The molecule has 0 aliphatic carbocycles. The van der Waals surface area contributed by atoms with Crippen molar-refractivity contribution in [2.24, 2.45) is 15.8 Å². The molecule has 0 saturated heterocycles. The highest BCUT2D eigenvalue weighted by Gasteiger charge is 2.17. The minimum Gasteiger partial charge on any atom is -0.341 e. The van der Waals surface area contributed by atoms with Gasteiger partial charge in [-0.05, 0) is 133 Å². The van der Waals surface area contributed by atoms with Gasteiger partial charge in [0.2, 0.25) is 41.6 Å². The fourth-order valence-corrected chi connectivity index (χ4v) is 6.70. The molecule has 0 aliphatic heterocycles. The SMILES string of the molecule is CCN(CC)c1nc(CN)nc(N(CC)CC)n1.CCN(CC)c1nc(CN=C/C(C)=C/C=C/C=C(C)/C=N/Nc2nc(N(CC)CC)nc(N(CC)CC)n2)nc(N(CC)CC)n1.C\C(C=O)=C/C=C/C=C(\C)C=O. The average Bonchev–Trinajstić information content (AvgIpc) is 3.43. The molecule has 0 saturated carbocycles. The van der Waals surface area contributed by atoms with E-state index in [9.17, 15) is 9.59 Å². The van der Waals surface area contributed by atoms with E-state index in [0.29, 0.717) is 65.6 Å². The lowest BCUT2D eigenvalue weighted by molar-refractivity contribution is -0.105. The number of aldehydes is 2. The molecule has 0 fully saturated rings. The number of rotatable bonds is 31. The number of aromatic nitrogens is 9. The summed E-state index contributed by atoms with van der Waals surface area (Å²) in [5.41, 5.74) is 11.9. The predicted molar refractivity (Wildman–Crippen MR) is 318 cm³/mol. The van der Waals surface area contributed by atoms with Crippen LogP contribution in [0.25, 0.3) is 0 Å². The third-order valence-electron chi connectivity index (χ3n) is 11.4. The van der Waals surface area contributed by atoms with E-state index in [-0.39, 0.29) is 0 Å². The fourth-order valence-electron chi connectivity index (χ4n) is 6.70. The number of nitrogens with two attached hydrogens (primary N) is 1. The maximum atomic E-state index is 10.1. The maximum Gasteiger partial charge on any atom is 0.250 e. The van der Waals surface area contributed by atoms with Gasteiger partial charge in [0.25, 0.3) is 0 Å². The summed E-state index contributed by atoms with van der Waals surface area (Å²) < 4.78 is 0. The lowest BCUT2D eigenvalue weighted by atomic mass is 10.2. The van der Waals surface area contributed by atoms with Gasteiger partial charge in [0.05, 0.1) is 19.3 Å². The van der Waals surface area contributed by atoms with E-state index in [1.165, 1.54) is 0 Å². The van der Waals surface area contributed by atoms with Gasteiger partial charge in [0.1, 0.15) is 18.4 Å². The van der Waals surface area contributed by atoms with Gasteiger partial charge in [0, 0.05) is 84.8 Å². The van der Waals surface area contributed by atoms with Crippen LogP contribution in [0.15, 0.2) is 81.0 Å². The minimum atomic E-state index is 0.338. The first-order chi connectivity index (χ1) is 36.7. The Balaban J connectivity index is 0.000000779. The number of hydrazone groups is 1. The number of nitrogens with zero attached hydrogens (tertiary/aromatic N) is 17. The minimum absolute atomic E-state index is 0.338. The van der Waals surface area contributed by atoms with Crippen molar-refractivity contribution < 1.29 is 9.59 Å². The quantitative estimate of drug-likeness (QED) is 0.0202. The highest BCUT2D eigenvalue weighted by molar-refractivity contribution is 5.79. The van der Waals surface area contributed by atoms with Gasteiger partial charge in [-0.15, -0.1) is 0 Å². The number of hydrogen-bond donors (Lipinski definition) is 2. The average molecular weight is 1050 g/mol. The molecule has 0 atom stereocenters. The Kier molecular flexibility index (Phi) is 34.4. The van der Waals surface area contributed by atoms with Crippen LogP contribution in [0.1, 0.15) is 122 Å². The van der Waals surface area contributed by atoms with Crippen molar-refractivity contribution in [3.63, 3.8) is 0 Å². The molecule has 0 bridgehead atoms. The Hall–Kier alpha value is -7.29. The Morgan fingerprint density at radius 1 is 0.408 bits per heavy atom. The highest BCUT2D eigenvalue weighted by atomic mass is 16.1. The zero-order valence-corrected chi connectivity index (χ0v) is 48.8. The van der Waals surface area contributed by atoms with Crippen LogP contribution in [-0.4, -0.2) is 148 Å². The molecule has 21 nitrogen and oxygen atoms in total. The van der Waals surface area contributed by atoms with Crippen molar-refractivity contribution >= 4 is 66.6 Å². The zero-order chi connectivity index (χ0) is 56.8. The number of allylic oxidation sites excluding steroid dienone is 12. The van der Waals surface area contributed by atoms with Gasteiger partial charge in [-0.2, -0.15) is 50.0 Å². The van der Waals surface area contributed by atoms with Crippen molar-refractivity contribution in [3.05, 3.63) is 82.5 Å². The largest absolute Gasteiger partial charge is 0.341 e. The fraction of sp³-hybridized carbons (Fsp3) is 0.545. The molecular weight excluding hydrogens is 959 g/mol. The second kappa shape index (κ2) is 39.2. The molecule has 0 spiro atoms. The molecule has 3 heterocycles. The molecule has 0 radical (unpaired) electrons. The Bertz CT molecular complexity index is 2170. The molecule has 418 valence electrons. The molecule has 0 unspecified atom stereocenters. The van der Waals surface area contributed by atoms with E-state index < -0.39 is 0 Å². The van der Waals surface area contributed by atoms with E-state index in [2.05, 4.69) is 158 Å². The number of nitrogens with one attached hydrogen (secondary N) is 1. The summed E-state index contributed by atoms with van der Waals surface area (Å²) in [7, 11) is 0. The standard InChI is InChI=1S/C33H55N13.C12H24N6.C10H12O2/c1-11-43(12-2)30-36-28(37-31(40-30)44(13-3)14-4)25-34-23-26(9)21-19-20-22-27(10)24-35-42-29-38-32(45(15-5)16-6)41-33(39-29)46(17-7)18-8;1-5-17(6-2)11-14-10(9-13)15-12(16-11)18(7-3)8-4;1-9(7-11)5-3-4-6-10(2)8-12/h19-24H,11-18,25H2,1-10H3,(H,38,39,41,42);5-9,13H2,1-4H3;3-8H,1-2H3/b20-19+,26-21+,27-22+,34-23?,35-24+;;4-3+,9-5+,10-6+. The molecule has 3 aromatic heterocycles. The van der Waals surface area contributed by atoms with E-state index in [0.717, 1.165) is 114 Å². The summed E-state index contributed by atoms with van der Waals surface area (Å²) in [5, 5.41) is 4.36. The summed E-state index contributed by atoms with van der Waals surface area (Å²) in [4.78, 5) is 78.8. The lowest BCUT2D eigenvalue weighted by Gasteiger charge is -2.23. The molecule has 3 aromatic rings. The van der Waals surface area contributed by atoms with Crippen LogP contribution in [0.3, 0.4) is 0 Å². The van der Waals surface area contributed by atoms with Crippen LogP contribution in [0, 0.1) is 0 Å². The van der Waals surface area contributed by atoms with Gasteiger partial charge >= 0.3 is 0 Å².